The van der Waals surface area contributed by atoms with E-state index >= 15 is 0 Å². The average Bonchev–Trinajstić information content (AvgIpc) is 2.42. The fraction of sp³-hybridized carbons (Fsp3) is 1.00. The van der Waals surface area contributed by atoms with Gasteiger partial charge >= 0.3 is 0 Å². The third kappa shape index (κ3) is 6.81. The molecule has 1 aliphatic carbocycles. The van der Waals surface area contributed by atoms with Gasteiger partial charge in [0.25, 0.3) is 0 Å². The van der Waals surface area contributed by atoms with E-state index < -0.39 is 0 Å². The van der Waals surface area contributed by atoms with Crippen LogP contribution in [0.4, 0.5) is 0 Å². The highest BCUT2D eigenvalue weighted by atomic mass is 14.3. The van der Waals surface area contributed by atoms with Crippen LogP contribution < -0.4 is 0 Å². The molecule has 0 aromatic heterocycles. The fourth-order valence-electron chi connectivity index (χ4n) is 3.74. The van der Waals surface area contributed by atoms with Gasteiger partial charge in [0.05, 0.1) is 0 Å². The van der Waals surface area contributed by atoms with Gasteiger partial charge in [0, 0.05) is 0 Å². The lowest BCUT2D eigenvalue weighted by molar-refractivity contribution is 0.212. The summed E-state index contributed by atoms with van der Waals surface area (Å²) in [6.07, 6.45) is 20.8. The first-order valence-electron chi connectivity index (χ1n) is 8.88. The number of unbranched alkanes of at least 4 members (excludes halogenated alkanes) is 7. The second-order valence-corrected chi connectivity index (χ2v) is 6.48. The first-order valence-corrected chi connectivity index (χ1v) is 8.88. The van der Waals surface area contributed by atoms with E-state index in [-0.39, 0.29) is 0 Å². The lowest BCUT2D eigenvalue weighted by Crippen LogP contribution is -2.18. The zero-order chi connectivity index (χ0) is 13.1. The summed E-state index contributed by atoms with van der Waals surface area (Å²) in [5.74, 6) is 2.16. The Morgan fingerprint density at radius 2 is 1.22 bits per heavy atom. The van der Waals surface area contributed by atoms with Crippen molar-refractivity contribution in [3.63, 3.8) is 0 Å². The third-order valence-electron chi connectivity index (χ3n) is 5.02. The van der Waals surface area contributed by atoms with E-state index in [2.05, 4.69) is 13.8 Å². The Kier molecular flexibility index (Phi) is 9.70. The van der Waals surface area contributed by atoms with Crippen molar-refractivity contribution in [1.29, 1.82) is 0 Å². The molecule has 0 nitrogen and oxygen atoms in total. The van der Waals surface area contributed by atoms with E-state index in [1.165, 1.54) is 89.9 Å². The maximum absolute atomic E-state index is 2.40. The number of hydrogen-bond donors (Lipinski definition) is 0. The SMILES string of the molecule is CCCCCCCCCCC1CCCCC1CC. The van der Waals surface area contributed by atoms with E-state index in [0.717, 1.165) is 11.8 Å². The molecular weight excluding hydrogens is 216 g/mol. The summed E-state index contributed by atoms with van der Waals surface area (Å²) in [6.45, 7) is 4.70. The molecule has 0 heterocycles. The van der Waals surface area contributed by atoms with Crippen LogP contribution in [0.2, 0.25) is 0 Å². The molecule has 1 aliphatic rings. The molecule has 1 saturated carbocycles. The summed E-state index contributed by atoms with van der Waals surface area (Å²) in [7, 11) is 0. The summed E-state index contributed by atoms with van der Waals surface area (Å²) in [4.78, 5) is 0. The van der Waals surface area contributed by atoms with E-state index in [4.69, 9.17) is 0 Å². The van der Waals surface area contributed by atoms with Crippen molar-refractivity contribution in [2.45, 2.75) is 104 Å². The first-order chi connectivity index (χ1) is 8.88. The molecule has 0 spiro atoms. The van der Waals surface area contributed by atoms with E-state index in [9.17, 15) is 0 Å². The van der Waals surface area contributed by atoms with E-state index in [1.807, 2.05) is 0 Å². The van der Waals surface area contributed by atoms with Crippen LogP contribution in [0.25, 0.3) is 0 Å². The number of rotatable bonds is 10. The molecular formula is C18H36. The van der Waals surface area contributed by atoms with Gasteiger partial charge in [0.1, 0.15) is 0 Å². The molecule has 0 aromatic carbocycles. The van der Waals surface area contributed by atoms with Crippen LogP contribution in [0.1, 0.15) is 104 Å². The summed E-state index contributed by atoms with van der Waals surface area (Å²) in [5.41, 5.74) is 0. The Labute approximate surface area is 116 Å². The molecule has 0 bridgehead atoms. The van der Waals surface area contributed by atoms with Gasteiger partial charge in [-0.2, -0.15) is 0 Å². The molecule has 18 heavy (non-hydrogen) atoms. The zero-order valence-electron chi connectivity index (χ0n) is 13.1. The van der Waals surface area contributed by atoms with Crippen molar-refractivity contribution in [3.8, 4) is 0 Å². The van der Waals surface area contributed by atoms with Gasteiger partial charge in [-0.05, 0) is 11.8 Å². The Bertz CT molecular complexity index is 173. The molecule has 2 unspecified atom stereocenters. The van der Waals surface area contributed by atoms with E-state index in [0.29, 0.717) is 0 Å². The minimum Gasteiger partial charge on any atom is -0.0654 e. The van der Waals surface area contributed by atoms with Gasteiger partial charge < -0.3 is 0 Å². The quantitative estimate of drug-likeness (QED) is 0.378. The van der Waals surface area contributed by atoms with Crippen LogP contribution in [-0.4, -0.2) is 0 Å². The maximum atomic E-state index is 2.40. The molecule has 1 fully saturated rings. The van der Waals surface area contributed by atoms with Gasteiger partial charge in [-0.15, -0.1) is 0 Å². The average molecular weight is 252 g/mol. The predicted octanol–water partition coefficient (Wildman–Crippen LogP) is 6.73. The van der Waals surface area contributed by atoms with Crippen molar-refractivity contribution < 1.29 is 0 Å². The largest absolute Gasteiger partial charge is 0.0654 e. The maximum Gasteiger partial charge on any atom is -0.0386 e. The Morgan fingerprint density at radius 3 is 1.83 bits per heavy atom. The molecule has 108 valence electrons. The van der Waals surface area contributed by atoms with Crippen molar-refractivity contribution >= 4 is 0 Å². The monoisotopic (exact) mass is 252 g/mol. The smallest absolute Gasteiger partial charge is 0.0386 e. The minimum absolute atomic E-state index is 1.07. The molecule has 0 N–H and O–H groups in total. The highest BCUT2D eigenvalue weighted by Crippen LogP contribution is 2.35. The van der Waals surface area contributed by atoms with E-state index in [1.54, 1.807) is 0 Å². The minimum atomic E-state index is 1.07. The van der Waals surface area contributed by atoms with Crippen molar-refractivity contribution in [2.24, 2.45) is 11.8 Å². The van der Waals surface area contributed by atoms with Crippen LogP contribution in [-0.2, 0) is 0 Å². The van der Waals surface area contributed by atoms with Gasteiger partial charge in [-0.1, -0.05) is 104 Å². The molecule has 0 aromatic rings. The lowest BCUT2D eigenvalue weighted by atomic mass is 9.75. The fourth-order valence-corrected chi connectivity index (χ4v) is 3.74. The standard InChI is InChI=1S/C18H36/c1-3-5-6-7-8-9-10-11-15-18-16-13-12-14-17(18)4-2/h17-18H,3-16H2,1-2H3. The topological polar surface area (TPSA) is 0 Å². The molecule has 0 saturated heterocycles. The summed E-state index contributed by atoms with van der Waals surface area (Å²) >= 11 is 0. The van der Waals surface area contributed by atoms with Crippen molar-refractivity contribution in [3.05, 3.63) is 0 Å². The summed E-state index contributed by atoms with van der Waals surface area (Å²) in [6, 6.07) is 0. The molecule has 2 atom stereocenters. The third-order valence-corrected chi connectivity index (χ3v) is 5.02. The predicted molar refractivity (Wildman–Crippen MR) is 83.0 cm³/mol. The second-order valence-electron chi connectivity index (χ2n) is 6.48. The van der Waals surface area contributed by atoms with Gasteiger partial charge in [0.15, 0.2) is 0 Å². The van der Waals surface area contributed by atoms with Crippen LogP contribution >= 0.6 is 0 Å². The van der Waals surface area contributed by atoms with Crippen LogP contribution in [0.3, 0.4) is 0 Å². The Balaban J connectivity index is 1.93. The normalized spacial score (nSPS) is 24.3. The van der Waals surface area contributed by atoms with Crippen LogP contribution in [0.5, 0.6) is 0 Å². The first kappa shape index (κ1) is 16.1. The molecule has 0 amide bonds. The van der Waals surface area contributed by atoms with Crippen molar-refractivity contribution in [2.75, 3.05) is 0 Å². The van der Waals surface area contributed by atoms with Gasteiger partial charge in [-0.3, -0.25) is 0 Å². The second kappa shape index (κ2) is 10.9. The van der Waals surface area contributed by atoms with Crippen LogP contribution in [0.15, 0.2) is 0 Å². The lowest BCUT2D eigenvalue weighted by Gasteiger charge is -2.30. The molecule has 0 aliphatic heterocycles. The molecule has 0 radical (unpaired) electrons. The summed E-state index contributed by atoms with van der Waals surface area (Å²) in [5, 5.41) is 0. The van der Waals surface area contributed by atoms with Crippen molar-refractivity contribution in [1.82, 2.24) is 0 Å². The highest BCUT2D eigenvalue weighted by Gasteiger charge is 2.22. The summed E-state index contributed by atoms with van der Waals surface area (Å²) < 4.78 is 0. The molecule has 0 heteroatoms. The molecule has 1 rings (SSSR count). The Morgan fingerprint density at radius 1 is 0.667 bits per heavy atom. The zero-order valence-corrected chi connectivity index (χ0v) is 13.1. The Hall–Kier alpha value is 0. The van der Waals surface area contributed by atoms with Crippen LogP contribution in [0, 0.1) is 11.8 Å². The highest BCUT2D eigenvalue weighted by molar-refractivity contribution is 4.74. The number of hydrogen-bond acceptors (Lipinski definition) is 0. The van der Waals surface area contributed by atoms with Gasteiger partial charge in [0.2, 0.25) is 0 Å². The van der Waals surface area contributed by atoms with Gasteiger partial charge in [-0.25, -0.2) is 0 Å².